The number of ether oxygens (including phenoxy) is 1. The van der Waals surface area contributed by atoms with Gasteiger partial charge in [-0.2, -0.15) is 0 Å². The number of aryl methyl sites for hydroxylation is 1. The number of nitrogens with two attached hydrogens (primary N) is 1. The lowest BCUT2D eigenvalue weighted by molar-refractivity contribution is 0.00155. The van der Waals surface area contributed by atoms with E-state index < -0.39 is 15.6 Å². The van der Waals surface area contributed by atoms with Crippen molar-refractivity contribution in [2.75, 3.05) is 26.2 Å². The number of primary sulfonamides is 1. The molecule has 7 nitrogen and oxygen atoms in total. The maximum Gasteiger partial charge on any atom is 0.410 e. The zero-order valence-electron chi connectivity index (χ0n) is 20.8. The number of carbonyl (C=O) groups excluding carboxylic acids is 1. The van der Waals surface area contributed by atoms with E-state index in [4.69, 9.17) is 9.88 Å². The van der Waals surface area contributed by atoms with E-state index in [1.165, 1.54) is 23.9 Å². The number of benzene rings is 2. The zero-order valence-corrected chi connectivity index (χ0v) is 22.5. The van der Waals surface area contributed by atoms with Gasteiger partial charge in [-0.05, 0) is 76.1 Å². The summed E-state index contributed by atoms with van der Waals surface area (Å²) < 4.78 is 43.1. The summed E-state index contributed by atoms with van der Waals surface area (Å²) in [5.74, 6) is -0.263. The van der Waals surface area contributed by atoms with Gasteiger partial charge in [-0.1, -0.05) is 12.1 Å². The molecular weight excluding hydrogens is 489 g/mol. The summed E-state index contributed by atoms with van der Waals surface area (Å²) in [6.07, 6.45) is -0.314. The van der Waals surface area contributed by atoms with E-state index in [1.54, 1.807) is 36.1 Å². The highest BCUT2D eigenvalue weighted by molar-refractivity contribution is 7.99. The molecule has 0 aromatic heterocycles. The summed E-state index contributed by atoms with van der Waals surface area (Å²) in [6.45, 7) is 11.8. The van der Waals surface area contributed by atoms with E-state index >= 15 is 0 Å². The zero-order chi connectivity index (χ0) is 26.0. The number of carbonyl (C=O) groups is 1. The predicted octanol–water partition coefficient (Wildman–Crippen LogP) is 4.56. The van der Waals surface area contributed by atoms with Crippen LogP contribution in [0.25, 0.3) is 0 Å². The van der Waals surface area contributed by atoms with E-state index in [1.807, 2.05) is 33.8 Å². The first-order chi connectivity index (χ1) is 16.2. The Kier molecular flexibility index (Phi) is 8.52. The van der Waals surface area contributed by atoms with E-state index in [9.17, 15) is 17.6 Å². The second-order valence-corrected chi connectivity index (χ2v) is 12.8. The number of piperazine rings is 1. The standard InChI is InChI=1S/C25H34FN3O4S2/c1-17-6-7-19(14-22(17)26)23(34-20-8-10-21(11-9-20)35(27,31)32)16-28-12-13-29(18(2)15-28)24(30)33-25(3,4)5/h6-11,14,18,23H,12-13,15-16H2,1-5H3,(H2,27,31,32)/t18-,23-/m1/s1. The predicted molar refractivity (Wildman–Crippen MR) is 136 cm³/mol. The SMILES string of the molecule is Cc1ccc([C@@H](CN2CCN(C(=O)OC(C)(C)C)[C@H](C)C2)Sc2ccc(S(N)(=O)=O)cc2)cc1F. The normalized spacial score (nSPS) is 18.4. The molecule has 0 saturated carbocycles. The van der Waals surface area contributed by atoms with Gasteiger partial charge in [0.1, 0.15) is 11.4 Å². The van der Waals surface area contributed by atoms with Crippen LogP contribution in [0.3, 0.4) is 0 Å². The van der Waals surface area contributed by atoms with Gasteiger partial charge >= 0.3 is 6.09 Å². The summed E-state index contributed by atoms with van der Waals surface area (Å²) >= 11 is 1.54. The number of hydrogen-bond acceptors (Lipinski definition) is 6. The number of rotatable bonds is 6. The van der Waals surface area contributed by atoms with Crippen molar-refractivity contribution in [1.82, 2.24) is 9.80 Å². The molecule has 0 aliphatic carbocycles. The first-order valence-corrected chi connectivity index (χ1v) is 13.9. The average Bonchev–Trinajstić information content (AvgIpc) is 2.74. The van der Waals surface area contributed by atoms with Gasteiger partial charge in [0.15, 0.2) is 0 Å². The minimum absolute atomic E-state index is 0.0342. The van der Waals surface area contributed by atoms with Crippen molar-refractivity contribution in [2.24, 2.45) is 5.14 Å². The molecule has 35 heavy (non-hydrogen) atoms. The molecule has 1 aliphatic heterocycles. The lowest BCUT2D eigenvalue weighted by Crippen LogP contribution is -2.55. The lowest BCUT2D eigenvalue weighted by Gasteiger charge is -2.41. The van der Waals surface area contributed by atoms with Gasteiger partial charge in [0, 0.05) is 42.4 Å². The maximum absolute atomic E-state index is 14.4. The molecule has 3 rings (SSSR count). The molecule has 0 spiro atoms. The van der Waals surface area contributed by atoms with Crippen molar-refractivity contribution in [3.05, 3.63) is 59.4 Å². The van der Waals surface area contributed by atoms with E-state index in [0.717, 1.165) is 10.5 Å². The fourth-order valence-corrected chi connectivity index (χ4v) is 5.62. The quantitative estimate of drug-likeness (QED) is 0.558. The highest BCUT2D eigenvalue weighted by atomic mass is 32.2. The topological polar surface area (TPSA) is 92.9 Å². The van der Waals surface area contributed by atoms with Crippen LogP contribution in [-0.4, -0.2) is 62.1 Å². The van der Waals surface area contributed by atoms with Crippen LogP contribution in [-0.2, 0) is 14.8 Å². The van der Waals surface area contributed by atoms with E-state index in [0.29, 0.717) is 31.7 Å². The molecule has 2 aromatic rings. The first-order valence-electron chi connectivity index (χ1n) is 11.5. The van der Waals surface area contributed by atoms with Crippen LogP contribution in [0, 0.1) is 12.7 Å². The van der Waals surface area contributed by atoms with E-state index in [2.05, 4.69) is 4.90 Å². The van der Waals surface area contributed by atoms with Gasteiger partial charge in [0.2, 0.25) is 10.0 Å². The van der Waals surface area contributed by atoms with Crippen LogP contribution in [0.15, 0.2) is 52.3 Å². The maximum atomic E-state index is 14.4. The average molecular weight is 524 g/mol. The summed E-state index contributed by atoms with van der Waals surface area (Å²) in [5.41, 5.74) is 0.870. The highest BCUT2D eigenvalue weighted by Gasteiger charge is 2.32. The van der Waals surface area contributed by atoms with Gasteiger partial charge in [-0.25, -0.2) is 22.7 Å². The Morgan fingerprint density at radius 2 is 1.86 bits per heavy atom. The smallest absolute Gasteiger partial charge is 0.410 e. The molecule has 192 valence electrons. The lowest BCUT2D eigenvalue weighted by atomic mass is 10.1. The second kappa shape index (κ2) is 10.9. The third-order valence-electron chi connectivity index (χ3n) is 5.76. The van der Waals surface area contributed by atoms with Crippen LogP contribution in [0.4, 0.5) is 9.18 Å². The largest absolute Gasteiger partial charge is 0.444 e. The van der Waals surface area contributed by atoms with Gasteiger partial charge in [-0.15, -0.1) is 11.8 Å². The molecule has 2 N–H and O–H groups in total. The van der Waals surface area contributed by atoms with Crippen LogP contribution in [0.1, 0.15) is 44.1 Å². The Hall–Kier alpha value is -2.14. The molecule has 1 amide bonds. The number of hydrogen-bond donors (Lipinski definition) is 1. The van der Waals surface area contributed by atoms with Crippen molar-refractivity contribution in [1.29, 1.82) is 0 Å². The number of nitrogens with zero attached hydrogens (tertiary/aromatic N) is 2. The van der Waals surface area contributed by atoms with Crippen molar-refractivity contribution in [2.45, 2.75) is 61.3 Å². The van der Waals surface area contributed by atoms with Crippen molar-refractivity contribution >= 4 is 27.9 Å². The number of amides is 1. The third kappa shape index (κ3) is 7.67. The van der Waals surface area contributed by atoms with Crippen molar-refractivity contribution < 1.29 is 22.3 Å². The molecule has 1 fully saturated rings. The van der Waals surface area contributed by atoms with Gasteiger partial charge < -0.3 is 9.64 Å². The molecular formula is C25H34FN3O4S2. The van der Waals surface area contributed by atoms with Crippen LogP contribution < -0.4 is 5.14 Å². The summed E-state index contributed by atoms with van der Waals surface area (Å²) in [4.78, 5) is 17.5. The molecule has 1 aliphatic rings. The van der Waals surface area contributed by atoms with E-state index in [-0.39, 0.29) is 28.1 Å². The minimum atomic E-state index is -3.77. The Morgan fingerprint density at radius 3 is 2.40 bits per heavy atom. The van der Waals surface area contributed by atoms with Gasteiger partial charge in [-0.3, -0.25) is 4.90 Å². The van der Waals surface area contributed by atoms with Gasteiger partial charge in [0.25, 0.3) is 0 Å². The minimum Gasteiger partial charge on any atom is -0.444 e. The van der Waals surface area contributed by atoms with Crippen LogP contribution >= 0.6 is 11.8 Å². The fraction of sp³-hybridized carbons (Fsp3) is 0.480. The molecule has 0 unspecified atom stereocenters. The van der Waals surface area contributed by atoms with Gasteiger partial charge in [0.05, 0.1) is 4.90 Å². The second-order valence-electron chi connectivity index (χ2n) is 9.91. The van der Waals surface area contributed by atoms with Crippen LogP contribution in [0.5, 0.6) is 0 Å². The molecule has 0 bridgehead atoms. The molecule has 1 saturated heterocycles. The molecule has 0 radical (unpaired) electrons. The monoisotopic (exact) mass is 523 g/mol. The number of thioether (sulfide) groups is 1. The summed E-state index contributed by atoms with van der Waals surface area (Å²) in [7, 11) is -3.77. The highest BCUT2D eigenvalue weighted by Crippen LogP contribution is 2.37. The van der Waals surface area contributed by atoms with Crippen molar-refractivity contribution in [3.63, 3.8) is 0 Å². The number of sulfonamides is 1. The first kappa shape index (κ1) is 27.4. The van der Waals surface area contributed by atoms with Crippen LogP contribution in [0.2, 0.25) is 0 Å². The summed E-state index contributed by atoms with van der Waals surface area (Å²) in [6, 6.07) is 11.6. The molecule has 2 aromatic carbocycles. The number of halogens is 1. The molecule has 10 heteroatoms. The third-order valence-corrected chi connectivity index (χ3v) is 7.94. The Morgan fingerprint density at radius 1 is 1.20 bits per heavy atom. The summed E-state index contributed by atoms with van der Waals surface area (Å²) in [5, 5.41) is 5.11. The molecule has 2 atom stereocenters. The Balaban J connectivity index is 1.76. The fourth-order valence-electron chi connectivity index (χ4n) is 3.92. The molecule has 1 heterocycles. The Labute approximate surface area is 211 Å². The Bertz CT molecular complexity index is 1150. The van der Waals surface area contributed by atoms with Crippen molar-refractivity contribution in [3.8, 4) is 0 Å².